The van der Waals surface area contributed by atoms with Gasteiger partial charge in [-0.05, 0) is 25.7 Å². The summed E-state index contributed by atoms with van der Waals surface area (Å²) in [7, 11) is 0. The molecule has 0 saturated heterocycles. The number of carbonyl (C=O) groups excluding carboxylic acids is 1. The van der Waals surface area contributed by atoms with Crippen LogP contribution in [0.1, 0.15) is 57.8 Å². The molecule has 2 fully saturated rings. The summed E-state index contributed by atoms with van der Waals surface area (Å²) < 4.78 is 0. The van der Waals surface area contributed by atoms with Crippen LogP contribution in [0.4, 0.5) is 4.79 Å². The summed E-state index contributed by atoms with van der Waals surface area (Å²) in [5.41, 5.74) is 6.02. The largest absolute Gasteiger partial charge is 0.335 e. The standard InChI is InChI=1S/C13H25N3O/c14-11-8-4-5-9-12(11)16-13(17)15-10-6-2-1-3-7-10/h10-12H,1-9,14H2,(H2,15,16,17)/t11-,12-/m1/s1. The first kappa shape index (κ1) is 12.7. The van der Waals surface area contributed by atoms with Crippen LogP contribution in [-0.4, -0.2) is 24.2 Å². The molecule has 0 aliphatic heterocycles. The fourth-order valence-electron chi connectivity index (χ4n) is 2.98. The maximum Gasteiger partial charge on any atom is 0.315 e. The first-order valence-corrected chi connectivity index (χ1v) is 7.08. The highest BCUT2D eigenvalue weighted by molar-refractivity contribution is 5.74. The molecule has 0 unspecified atom stereocenters. The normalized spacial score (nSPS) is 30.9. The number of hydrogen-bond acceptors (Lipinski definition) is 2. The third-order valence-corrected chi connectivity index (χ3v) is 4.08. The summed E-state index contributed by atoms with van der Waals surface area (Å²) in [4.78, 5) is 11.8. The van der Waals surface area contributed by atoms with Gasteiger partial charge in [-0.1, -0.05) is 32.1 Å². The summed E-state index contributed by atoms with van der Waals surface area (Å²) in [5, 5.41) is 6.12. The maximum atomic E-state index is 11.8. The summed E-state index contributed by atoms with van der Waals surface area (Å²) >= 11 is 0. The van der Waals surface area contributed by atoms with Gasteiger partial charge >= 0.3 is 6.03 Å². The van der Waals surface area contributed by atoms with Crippen LogP contribution in [0.25, 0.3) is 0 Å². The van der Waals surface area contributed by atoms with Crippen LogP contribution in [-0.2, 0) is 0 Å². The van der Waals surface area contributed by atoms with Gasteiger partial charge in [0.25, 0.3) is 0 Å². The SMILES string of the molecule is N[C@@H]1CCCC[C@H]1NC(=O)NC1CCCCC1. The van der Waals surface area contributed by atoms with Crippen molar-refractivity contribution in [2.45, 2.75) is 75.9 Å². The van der Waals surface area contributed by atoms with E-state index < -0.39 is 0 Å². The molecule has 4 N–H and O–H groups in total. The number of hydrogen-bond donors (Lipinski definition) is 3. The minimum atomic E-state index is -0.0146. The number of amides is 2. The zero-order valence-electron chi connectivity index (χ0n) is 10.6. The molecule has 0 aromatic heterocycles. The highest BCUT2D eigenvalue weighted by Gasteiger charge is 2.24. The fourth-order valence-corrected chi connectivity index (χ4v) is 2.98. The molecule has 0 radical (unpaired) electrons. The average molecular weight is 239 g/mol. The smallest absolute Gasteiger partial charge is 0.315 e. The highest BCUT2D eigenvalue weighted by atomic mass is 16.2. The van der Waals surface area contributed by atoms with Crippen molar-refractivity contribution in [3.05, 3.63) is 0 Å². The molecule has 4 nitrogen and oxygen atoms in total. The second-order valence-corrected chi connectivity index (χ2v) is 5.51. The lowest BCUT2D eigenvalue weighted by molar-refractivity contribution is 0.221. The average Bonchev–Trinajstić information content (AvgIpc) is 2.33. The van der Waals surface area contributed by atoms with E-state index in [4.69, 9.17) is 5.73 Å². The van der Waals surface area contributed by atoms with E-state index >= 15 is 0 Å². The predicted octanol–water partition coefficient (Wildman–Crippen LogP) is 1.89. The van der Waals surface area contributed by atoms with E-state index in [0.717, 1.165) is 25.7 Å². The molecule has 98 valence electrons. The molecule has 0 spiro atoms. The van der Waals surface area contributed by atoms with Crippen molar-refractivity contribution in [2.24, 2.45) is 5.73 Å². The third-order valence-electron chi connectivity index (χ3n) is 4.08. The van der Waals surface area contributed by atoms with Crippen molar-refractivity contribution in [2.75, 3.05) is 0 Å². The molecule has 17 heavy (non-hydrogen) atoms. The maximum absolute atomic E-state index is 11.8. The van der Waals surface area contributed by atoms with Gasteiger partial charge in [-0.2, -0.15) is 0 Å². The van der Waals surface area contributed by atoms with Gasteiger partial charge in [-0.25, -0.2) is 4.79 Å². The van der Waals surface area contributed by atoms with Gasteiger partial charge in [-0.3, -0.25) is 0 Å². The minimum absolute atomic E-state index is 0.0146. The van der Waals surface area contributed by atoms with E-state index in [0.29, 0.717) is 6.04 Å². The van der Waals surface area contributed by atoms with Crippen molar-refractivity contribution < 1.29 is 4.79 Å². The second kappa shape index (κ2) is 6.24. The molecule has 0 aromatic carbocycles. The molecule has 2 atom stereocenters. The van der Waals surface area contributed by atoms with Crippen molar-refractivity contribution in [1.82, 2.24) is 10.6 Å². The van der Waals surface area contributed by atoms with Crippen molar-refractivity contribution in [1.29, 1.82) is 0 Å². The number of nitrogens with one attached hydrogen (secondary N) is 2. The van der Waals surface area contributed by atoms with Crippen LogP contribution in [0.5, 0.6) is 0 Å². The van der Waals surface area contributed by atoms with Crippen molar-refractivity contribution >= 4 is 6.03 Å². The first-order chi connectivity index (χ1) is 8.25. The lowest BCUT2D eigenvalue weighted by atomic mass is 9.91. The van der Waals surface area contributed by atoms with E-state index in [1.807, 2.05) is 0 Å². The molecule has 2 saturated carbocycles. The summed E-state index contributed by atoms with van der Waals surface area (Å²) in [5.74, 6) is 0. The lowest BCUT2D eigenvalue weighted by Gasteiger charge is -2.30. The fraction of sp³-hybridized carbons (Fsp3) is 0.923. The molecule has 2 aliphatic rings. The zero-order valence-corrected chi connectivity index (χ0v) is 10.6. The number of urea groups is 1. The van der Waals surface area contributed by atoms with E-state index in [-0.39, 0.29) is 18.1 Å². The highest BCUT2D eigenvalue weighted by Crippen LogP contribution is 2.18. The van der Waals surface area contributed by atoms with E-state index in [9.17, 15) is 4.79 Å². The van der Waals surface area contributed by atoms with Crippen molar-refractivity contribution in [3.8, 4) is 0 Å². The van der Waals surface area contributed by atoms with Gasteiger partial charge in [-0.15, -0.1) is 0 Å². The summed E-state index contributed by atoms with van der Waals surface area (Å²) in [6.07, 6.45) is 10.5. The Morgan fingerprint density at radius 2 is 1.53 bits per heavy atom. The number of carbonyl (C=O) groups is 1. The Morgan fingerprint density at radius 3 is 2.24 bits per heavy atom. The lowest BCUT2D eigenvalue weighted by Crippen LogP contribution is -2.53. The Kier molecular flexibility index (Phi) is 4.66. The van der Waals surface area contributed by atoms with Gasteiger partial charge in [0.2, 0.25) is 0 Å². The van der Waals surface area contributed by atoms with E-state index in [1.54, 1.807) is 0 Å². The predicted molar refractivity (Wildman–Crippen MR) is 68.8 cm³/mol. The van der Waals surface area contributed by atoms with Crippen LogP contribution in [0.15, 0.2) is 0 Å². The van der Waals surface area contributed by atoms with Crippen LogP contribution in [0, 0.1) is 0 Å². The molecular formula is C13H25N3O. The van der Waals surface area contributed by atoms with Gasteiger partial charge < -0.3 is 16.4 Å². The zero-order chi connectivity index (χ0) is 12.1. The number of nitrogens with two attached hydrogens (primary N) is 1. The van der Waals surface area contributed by atoms with Crippen LogP contribution >= 0.6 is 0 Å². The molecule has 0 heterocycles. The minimum Gasteiger partial charge on any atom is -0.335 e. The van der Waals surface area contributed by atoms with E-state index in [1.165, 1.54) is 32.1 Å². The van der Waals surface area contributed by atoms with Gasteiger partial charge in [0.15, 0.2) is 0 Å². The Labute approximate surface area is 104 Å². The van der Waals surface area contributed by atoms with Crippen LogP contribution in [0.2, 0.25) is 0 Å². The molecule has 2 amide bonds. The molecule has 0 aromatic rings. The second-order valence-electron chi connectivity index (χ2n) is 5.51. The molecule has 0 bridgehead atoms. The van der Waals surface area contributed by atoms with Gasteiger partial charge in [0.1, 0.15) is 0 Å². The van der Waals surface area contributed by atoms with Crippen LogP contribution < -0.4 is 16.4 Å². The Balaban J connectivity index is 1.72. The molecule has 2 aliphatic carbocycles. The summed E-state index contributed by atoms with van der Waals surface area (Å²) in [6, 6.07) is 0.677. The van der Waals surface area contributed by atoms with Crippen molar-refractivity contribution in [3.63, 3.8) is 0 Å². The monoisotopic (exact) mass is 239 g/mol. The molecule has 2 rings (SSSR count). The number of rotatable bonds is 2. The Hall–Kier alpha value is -0.770. The topological polar surface area (TPSA) is 67.1 Å². The van der Waals surface area contributed by atoms with E-state index in [2.05, 4.69) is 10.6 Å². The molecular weight excluding hydrogens is 214 g/mol. The van der Waals surface area contributed by atoms with Gasteiger partial charge in [0.05, 0.1) is 0 Å². The quantitative estimate of drug-likeness (QED) is 0.689. The Morgan fingerprint density at radius 1 is 0.882 bits per heavy atom. The third kappa shape index (κ3) is 3.87. The Bertz CT molecular complexity index is 251. The molecule has 4 heteroatoms. The summed E-state index contributed by atoms with van der Waals surface area (Å²) in [6.45, 7) is 0. The first-order valence-electron chi connectivity index (χ1n) is 7.08. The van der Waals surface area contributed by atoms with Crippen LogP contribution in [0.3, 0.4) is 0 Å². The van der Waals surface area contributed by atoms with Gasteiger partial charge in [0, 0.05) is 18.1 Å².